The number of aromatic nitrogens is 2. The number of nitrogens with zero attached hydrogens (tertiary/aromatic N) is 3. The molecule has 6 heteroatoms. The first-order valence-electron chi connectivity index (χ1n) is 11.4. The molecular formula is C26H33N5O. The molecule has 168 valence electrons. The molecule has 4 rings (SSSR count). The van der Waals surface area contributed by atoms with Crippen LogP contribution in [0.3, 0.4) is 0 Å². The maximum absolute atomic E-state index is 5.68. The van der Waals surface area contributed by atoms with E-state index in [2.05, 4.69) is 76.6 Å². The Morgan fingerprint density at radius 1 is 1.09 bits per heavy atom. The Hall–Kier alpha value is -3.12. The van der Waals surface area contributed by atoms with E-state index in [-0.39, 0.29) is 5.41 Å². The molecule has 1 saturated heterocycles. The third-order valence-corrected chi connectivity index (χ3v) is 6.16. The van der Waals surface area contributed by atoms with E-state index in [1.165, 1.54) is 5.56 Å². The van der Waals surface area contributed by atoms with Crippen molar-refractivity contribution in [1.29, 1.82) is 0 Å². The van der Waals surface area contributed by atoms with Crippen LogP contribution in [0.5, 0.6) is 0 Å². The zero-order chi connectivity index (χ0) is 22.2. The lowest BCUT2D eigenvalue weighted by Gasteiger charge is -2.37. The summed E-state index contributed by atoms with van der Waals surface area (Å²) in [4.78, 5) is 15.2. The molecule has 0 bridgehead atoms. The van der Waals surface area contributed by atoms with Crippen molar-refractivity contribution in [2.24, 2.45) is 4.99 Å². The molecular weight excluding hydrogens is 398 g/mol. The number of aliphatic imine (C=N–C) groups is 1. The fraction of sp³-hybridized carbons (Fsp3) is 0.385. The highest BCUT2D eigenvalue weighted by molar-refractivity contribution is 5.79. The van der Waals surface area contributed by atoms with Gasteiger partial charge in [-0.05, 0) is 30.9 Å². The first-order chi connectivity index (χ1) is 15.7. The van der Waals surface area contributed by atoms with Gasteiger partial charge in [0, 0.05) is 32.2 Å². The molecule has 1 aliphatic heterocycles. The minimum Gasteiger partial charge on any atom is -0.381 e. The van der Waals surface area contributed by atoms with Gasteiger partial charge in [0.25, 0.3) is 0 Å². The second kappa shape index (κ2) is 10.5. The van der Waals surface area contributed by atoms with Crippen LogP contribution < -0.4 is 5.32 Å². The Balaban J connectivity index is 1.50. The van der Waals surface area contributed by atoms with Gasteiger partial charge >= 0.3 is 0 Å². The van der Waals surface area contributed by atoms with E-state index in [1.807, 2.05) is 24.4 Å². The molecule has 6 nitrogen and oxygen atoms in total. The lowest BCUT2D eigenvalue weighted by atomic mass is 9.74. The highest BCUT2D eigenvalue weighted by Gasteiger charge is 2.34. The maximum atomic E-state index is 5.68. The Kier molecular flexibility index (Phi) is 7.22. The first kappa shape index (κ1) is 22.1. The summed E-state index contributed by atoms with van der Waals surface area (Å²) in [5.41, 5.74) is 3.54. The van der Waals surface area contributed by atoms with Crippen molar-refractivity contribution in [2.75, 3.05) is 33.4 Å². The summed E-state index contributed by atoms with van der Waals surface area (Å²) in [6.07, 6.45) is 3.87. The normalized spacial score (nSPS) is 16.0. The number of imidazole rings is 1. The third kappa shape index (κ3) is 5.19. The van der Waals surface area contributed by atoms with Crippen molar-refractivity contribution >= 4 is 5.96 Å². The lowest BCUT2D eigenvalue weighted by molar-refractivity contribution is 0.0530. The molecule has 1 fully saturated rings. The fourth-order valence-corrected chi connectivity index (χ4v) is 4.29. The summed E-state index contributed by atoms with van der Waals surface area (Å²) >= 11 is 0. The van der Waals surface area contributed by atoms with Gasteiger partial charge in [0.1, 0.15) is 5.82 Å². The maximum Gasteiger partial charge on any atom is 0.194 e. The number of benzene rings is 2. The van der Waals surface area contributed by atoms with Crippen LogP contribution >= 0.6 is 0 Å². The number of rotatable bonds is 7. The summed E-state index contributed by atoms with van der Waals surface area (Å²) in [7, 11) is 2.06. The number of H-pyrrole nitrogens is 1. The van der Waals surface area contributed by atoms with Crippen molar-refractivity contribution < 1.29 is 4.74 Å². The molecule has 0 atom stereocenters. The molecule has 0 radical (unpaired) electrons. The van der Waals surface area contributed by atoms with Gasteiger partial charge in [-0.3, -0.25) is 4.99 Å². The fourth-order valence-electron chi connectivity index (χ4n) is 4.29. The highest BCUT2D eigenvalue weighted by atomic mass is 16.5. The Bertz CT molecular complexity index is 993. The predicted molar refractivity (Wildman–Crippen MR) is 130 cm³/mol. The molecule has 2 aromatic carbocycles. The largest absolute Gasteiger partial charge is 0.381 e. The Morgan fingerprint density at radius 2 is 1.78 bits per heavy atom. The smallest absolute Gasteiger partial charge is 0.194 e. The third-order valence-electron chi connectivity index (χ3n) is 6.16. The summed E-state index contributed by atoms with van der Waals surface area (Å²) < 4.78 is 5.68. The van der Waals surface area contributed by atoms with Crippen LogP contribution in [0.15, 0.2) is 71.9 Å². The molecule has 1 aromatic heterocycles. The summed E-state index contributed by atoms with van der Waals surface area (Å²) in [6.45, 7) is 5.88. The standard InChI is InChI=1S/C26H33N5O/c1-3-27-25(29-20-26(14-16-32-17-15-26)22-12-8-5-9-13-22)31(2)19-24-28-18-23(30-24)21-10-6-4-7-11-21/h4-13,18H,3,14-17,19-20H2,1-2H3,(H,27,29)(H,28,30). The summed E-state index contributed by atoms with van der Waals surface area (Å²) in [5, 5.41) is 3.45. The molecule has 2 heterocycles. The van der Waals surface area contributed by atoms with E-state index in [9.17, 15) is 0 Å². The van der Waals surface area contributed by atoms with E-state index in [0.717, 1.165) is 62.2 Å². The van der Waals surface area contributed by atoms with Crippen LogP contribution in [0.1, 0.15) is 31.2 Å². The number of hydrogen-bond acceptors (Lipinski definition) is 3. The number of ether oxygens (including phenoxy) is 1. The van der Waals surface area contributed by atoms with Crippen LogP contribution in [-0.4, -0.2) is 54.2 Å². The zero-order valence-corrected chi connectivity index (χ0v) is 19.1. The van der Waals surface area contributed by atoms with Gasteiger partial charge in [0.2, 0.25) is 0 Å². The van der Waals surface area contributed by atoms with Crippen LogP contribution in [0.2, 0.25) is 0 Å². The van der Waals surface area contributed by atoms with E-state index in [4.69, 9.17) is 9.73 Å². The Labute approximate surface area is 190 Å². The van der Waals surface area contributed by atoms with Crippen molar-refractivity contribution in [1.82, 2.24) is 20.2 Å². The Morgan fingerprint density at radius 3 is 2.47 bits per heavy atom. The van der Waals surface area contributed by atoms with Gasteiger partial charge < -0.3 is 19.9 Å². The number of hydrogen-bond donors (Lipinski definition) is 2. The second-order valence-corrected chi connectivity index (χ2v) is 8.39. The van der Waals surface area contributed by atoms with Crippen LogP contribution in [-0.2, 0) is 16.7 Å². The van der Waals surface area contributed by atoms with Gasteiger partial charge in [-0.25, -0.2) is 4.98 Å². The van der Waals surface area contributed by atoms with Gasteiger partial charge in [-0.15, -0.1) is 0 Å². The quantitative estimate of drug-likeness (QED) is 0.434. The molecule has 2 N–H and O–H groups in total. The minimum absolute atomic E-state index is 0.0200. The SMILES string of the molecule is CCNC(=NCC1(c2ccccc2)CCOCC1)N(C)Cc1ncc(-c2ccccc2)[nH]1. The molecule has 0 aliphatic carbocycles. The molecule has 0 amide bonds. The lowest BCUT2D eigenvalue weighted by Crippen LogP contribution is -2.42. The monoisotopic (exact) mass is 431 g/mol. The van der Waals surface area contributed by atoms with E-state index < -0.39 is 0 Å². The number of nitrogens with one attached hydrogen (secondary N) is 2. The van der Waals surface area contributed by atoms with Crippen LogP contribution in [0.4, 0.5) is 0 Å². The summed E-state index contributed by atoms with van der Waals surface area (Å²) in [5.74, 6) is 1.81. The highest BCUT2D eigenvalue weighted by Crippen LogP contribution is 2.35. The van der Waals surface area contributed by atoms with Crippen molar-refractivity contribution in [2.45, 2.75) is 31.7 Å². The van der Waals surface area contributed by atoms with E-state index >= 15 is 0 Å². The van der Waals surface area contributed by atoms with Crippen molar-refractivity contribution in [3.63, 3.8) is 0 Å². The number of aromatic amines is 1. The first-order valence-corrected chi connectivity index (χ1v) is 11.4. The van der Waals surface area contributed by atoms with Gasteiger partial charge in [-0.1, -0.05) is 60.7 Å². The van der Waals surface area contributed by atoms with Crippen LogP contribution in [0, 0.1) is 0 Å². The van der Waals surface area contributed by atoms with E-state index in [1.54, 1.807) is 0 Å². The van der Waals surface area contributed by atoms with Gasteiger partial charge in [-0.2, -0.15) is 0 Å². The molecule has 0 unspecified atom stereocenters. The summed E-state index contributed by atoms with van der Waals surface area (Å²) in [6, 6.07) is 21.0. The molecule has 0 spiro atoms. The average molecular weight is 432 g/mol. The van der Waals surface area contributed by atoms with E-state index in [0.29, 0.717) is 6.54 Å². The molecule has 32 heavy (non-hydrogen) atoms. The number of guanidine groups is 1. The van der Waals surface area contributed by atoms with Gasteiger partial charge in [0.15, 0.2) is 5.96 Å². The molecule has 1 aliphatic rings. The minimum atomic E-state index is 0.0200. The topological polar surface area (TPSA) is 65.5 Å². The van der Waals surface area contributed by atoms with Crippen molar-refractivity contribution in [3.8, 4) is 11.3 Å². The van der Waals surface area contributed by atoms with Crippen molar-refractivity contribution in [3.05, 3.63) is 78.2 Å². The molecule has 3 aromatic rings. The average Bonchev–Trinajstić information content (AvgIpc) is 3.32. The molecule has 0 saturated carbocycles. The van der Waals surface area contributed by atoms with Gasteiger partial charge in [0.05, 0.1) is 25.0 Å². The second-order valence-electron chi connectivity index (χ2n) is 8.39. The van der Waals surface area contributed by atoms with Crippen LogP contribution in [0.25, 0.3) is 11.3 Å². The zero-order valence-electron chi connectivity index (χ0n) is 19.1. The predicted octanol–water partition coefficient (Wildman–Crippen LogP) is 4.22.